The van der Waals surface area contributed by atoms with Gasteiger partial charge in [-0.2, -0.15) is 0 Å². The Morgan fingerprint density at radius 3 is 2.05 bits per heavy atom. The summed E-state index contributed by atoms with van der Waals surface area (Å²) in [6.07, 6.45) is 0. The molecule has 1 aliphatic rings. The molecule has 3 nitrogen and oxygen atoms in total. The van der Waals surface area contributed by atoms with Crippen LogP contribution < -0.4 is 0 Å². The minimum atomic E-state index is -0.146. The molecule has 2 heterocycles. The first-order valence-electron chi connectivity index (χ1n) is 15.2. The smallest absolute Gasteiger partial charge is 0.235 e. The Kier molecular flexibility index (Phi) is 5.24. The van der Waals surface area contributed by atoms with E-state index in [0.29, 0.717) is 5.95 Å². The molecular formula is C41H29N3. The molecule has 3 heteroatoms. The summed E-state index contributed by atoms with van der Waals surface area (Å²) >= 11 is 0. The van der Waals surface area contributed by atoms with Crippen molar-refractivity contribution in [3.8, 4) is 39.6 Å². The van der Waals surface area contributed by atoms with E-state index in [4.69, 9.17) is 9.97 Å². The van der Waals surface area contributed by atoms with Gasteiger partial charge in [0.15, 0.2) is 0 Å². The molecule has 8 aromatic rings. The van der Waals surface area contributed by atoms with E-state index >= 15 is 0 Å². The lowest BCUT2D eigenvalue weighted by Gasteiger charge is -2.21. The molecule has 0 fully saturated rings. The van der Waals surface area contributed by atoms with Crippen molar-refractivity contribution in [1.29, 1.82) is 0 Å². The van der Waals surface area contributed by atoms with E-state index in [1.807, 2.05) is 0 Å². The molecule has 208 valence electrons. The summed E-state index contributed by atoms with van der Waals surface area (Å²) in [6.45, 7) is 4.67. The van der Waals surface area contributed by atoms with Gasteiger partial charge in [0.05, 0.1) is 22.4 Å². The SMILES string of the molecule is CC1(C)c2ccccc2-c2c1c1ccccc1n2-c1nc(-c2ccccc2)c2ccc3ccc(-c4ccccc4)cc3c2n1. The van der Waals surface area contributed by atoms with Gasteiger partial charge in [0.25, 0.3) is 0 Å². The fourth-order valence-electron chi connectivity index (χ4n) is 7.33. The monoisotopic (exact) mass is 563 g/mol. The van der Waals surface area contributed by atoms with Crippen LogP contribution in [-0.2, 0) is 5.41 Å². The van der Waals surface area contributed by atoms with Gasteiger partial charge in [-0.25, -0.2) is 9.97 Å². The van der Waals surface area contributed by atoms with E-state index in [0.717, 1.165) is 38.4 Å². The average molecular weight is 564 g/mol. The van der Waals surface area contributed by atoms with Crippen LogP contribution in [0.5, 0.6) is 0 Å². The topological polar surface area (TPSA) is 30.7 Å². The predicted octanol–water partition coefficient (Wildman–Crippen LogP) is 10.4. The Balaban J connectivity index is 1.43. The highest BCUT2D eigenvalue weighted by atomic mass is 15.2. The van der Waals surface area contributed by atoms with Crippen molar-refractivity contribution in [3.63, 3.8) is 0 Å². The Morgan fingerprint density at radius 2 is 1.23 bits per heavy atom. The first-order valence-corrected chi connectivity index (χ1v) is 15.2. The maximum absolute atomic E-state index is 5.47. The van der Waals surface area contributed by atoms with Crippen molar-refractivity contribution < 1.29 is 0 Å². The largest absolute Gasteiger partial charge is 0.278 e. The zero-order valence-corrected chi connectivity index (χ0v) is 24.6. The minimum absolute atomic E-state index is 0.146. The number of para-hydroxylation sites is 1. The summed E-state index contributed by atoms with van der Waals surface area (Å²) in [5.41, 5.74) is 11.4. The molecule has 0 aliphatic heterocycles. The maximum Gasteiger partial charge on any atom is 0.235 e. The number of rotatable bonds is 3. The number of nitrogens with zero attached hydrogens (tertiary/aromatic N) is 3. The number of hydrogen-bond acceptors (Lipinski definition) is 2. The van der Waals surface area contributed by atoms with Crippen LogP contribution in [0.4, 0.5) is 0 Å². The van der Waals surface area contributed by atoms with E-state index in [1.54, 1.807) is 0 Å². The lowest BCUT2D eigenvalue weighted by atomic mass is 9.81. The zero-order chi connectivity index (χ0) is 29.4. The van der Waals surface area contributed by atoms with E-state index in [1.165, 1.54) is 38.9 Å². The normalized spacial score (nSPS) is 13.4. The highest BCUT2D eigenvalue weighted by Gasteiger charge is 2.40. The molecule has 0 radical (unpaired) electrons. The third-order valence-corrected chi connectivity index (χ3v) is 9.38. The van der Waals surface area contributed by atoms with Crippen LogP contribution in [0.3, 0.4) is 0 Å². The summed E-state index contributed by atoms with van der Waals surface area (Å²) in [7, 11) is 0. The van der Waals surface area contributed by atoms with E-state index in [9.17, 15) is 0 Å². The molecular weight excluding hydrogens is 534 g/mol. The van der Waals surface area contributed by atoms with Crippen molar-refractivity contribution in [2.24, 2.45) is 0 Å². The van der Waals surface area contributed by atoms with Crippen molar-refractivity contribution in [1.82, 2.24) is 14.5 Å². The van der Waals surface area contributed by atoms with E-state index in [-0.39, 0.29) is 5.41 Å². The first kappa shape index (κ1) is 25.0. The molecule has 0 N–H and O–H groups in total. The quantitative estimate of drug-likeness (QED) is 0.200. The molecule has 2 aromatic heterocycles. The lowest BCUT2D eigenvalue weighted by Crippen LogP contribution is -2.14. The van der Waals surface area contributed by atoms with Gasteiger partial charge in [0.2, 0.25) is 5.95 Å². The molecule has 0 saturated heterocycles. The van der Waals surface area contributed by atoms with Crippen LogP contribution in [-0.4, -0.2) is 14.5 Å². The molecule has 6 aromatic carbocycles. The molecule has 0 atom stereocenters. The van der Waals surface area contributed by atoms with Crippen LogP contribution in [0, 0.1) is 0 Å². The Labute approximate surface area is 256 Å². The van der Waals surface area contributed by atoms with Gasteiger partial charge >= 0.3 is 0 Å². The minimum Gasteiger partial charge on any atom is -0.278 e. The van der Waals surface area contributed by atoms with Crippen molar-refractivity contribution in [3.05, 3.63) is 151 Å². The Bertz CT molecular complexity index is 2400. The molecule has 0 saturated carbocycles. The summed E-state index contributed by atoms with van der Waals surface area (Å²) in [5.74, 6) is 0.693. The first-order chi connectivity index (χ1) is 21.6. The van der Waals surface area contributed by atoms with Crippen molar-refractivity contribution in [2.75, 3.05) is 0 Å². The Morgan fingerprint density at radius 1 is 0.545 bits per heavy atom. The Hall–Kier alpha value is -5.54. The molecule has 0 bridgehead atoms. The summed E-state index contributed by atoms with van der Waals surface area (Å²) in [5, 5.41) is 4.58. The van der Waals surface area contributed by atoms with Crippen LogP contribution >= 0.6 is 0 Å². The molecule has 0 amide bonds. The molecule has 44 heavy (non-hydrogen) atoms. The number of aromatic nitrogens is 3. The van der Waals surface area contributed by atoms with Gasteiger partial charge in [-0.3, -0.25) is 4.57 Å². The standard InChI is InChI=1S/C41H29N3/c1-41(2)34-19-11-9-17-30(34)39-36(41)31-18-10-12-20-35(31)44(39)40-42-37(28-15-7-4-8-16-28)32-24-23-27-21-22-29(25-33(27)38(32)43-40)26-13-5-3-6-14-26/h3-25H,1-2H3. The third-order valence-electron chi connectivity index (χ3n) is 9.38. The van der Waals surface area contributed by atoms with Gasteiger partial charge < -0.3 is 0 Å². The number of fused-ring (bicyclic) bond motifs is 8. The summed E-state index contributed by atoms with van der Waals surface area (Å²) in [6, 6.07) is 49.7. The fraction of sp³-hybridized carbons (Fsp3) is 0.0732. The fourth-order valence-corrected chi connectivity index (χ4v) is 7.33. The molecule has 0 unspecified atom stereocenters. The van der Waals surface area contributed by atoms with E-state index < -0.39 is 0 Å². The second kappa shape index (κ2) is 9.23. The third kappa shape index (κ3) is 3.50. The molecule has 0 spiro atoms. The van der Waals surface area contributed by atoms with Gasteiger partial charge in [-0.15, -0.1) is 0 Å². The van der Waals surface area contributed by atoms with Gasteiger partial charge in [-0.05, 0) is 45.8 Å². The highest BCUT2D eigenvalue weighted by molar-refractivity contribution is 6.10. The predicted molar refractivity (Wildman–Crippen MR) is 182 cm³/mol. The van der Waals surface area contributed by atoms with Crippen LogP contribution in [0.1, 0.15) is 25.0 Å². The second-order valence-electron chi connectivity index (χ2n) is 12.2. The van der Waals surface area contributed by atoms with E-state index in [2.05, 4.69) is 158 Å². The van der Waals surface area contributed by atoms with Crippen LogP contribution in [0.15, 0.2) is 140 Å². The lowest BCUT2D eigenvalue weighted by molar-refractivity contribution is 0.666. The van der Waals surface area contributed by atoms with Gasteiger partial charge in [0, 0.05) is 32.7 Å². The number of hydrogen-bond donors (Lipinski definition) is 0. The molecule has 1 aliphatic carbocycles. The zero-order valence-electron chi connectivity index (χ0n) is 24.6. The van der Waals surface area contributed by atoms with Gasteiger partial charge in [-0.1, -0.05) is 135 Å². The summed E-state index contributed by atoms with van der Waals surface area (Å²) in [4.78, 5) is 10.9. The highest BCUT2D eigenvalue weighted by Crippen LogP contribution is 2.53. The second-order valence-corrected chi connectivity index (χ2v) is 12.2. The summed E-state index contributed by atoms with van der Waals surface area (Å²) < 4.78 is 2.31. The van der Waals surface area contributed by atoms with Crippen LogP contribution in [0.25, 0.3) is 72.2 Å². The average Bonchev–Trinajstić information content (AvgIpc) is 3.55. The maximum atomic E-state index is 5.47. The number of benzene rings is 6. The van der Waals surface area contributed by atoms with Crippen molar-refractivity contribution in [2.45, 2.75) is 19.3 Å². The van der Waals surface area contributed by atoms with Crippen molar-refractivity contribution >= 4 is 32.6 Å². The van der Waals surface area contributed by atoms with Gasteiger partial charge in [0.1, 0.15) is 0 Å². The van der Waals surface area contributed by atoms with Crippen LogP contribution in [0.2, 0.25) is 0 Å². The molecule has 9 rings (SSSR count).